The van der Waals surface area contributed by atoms with E-state index in [2.05, 4.69) is 0 Å². The summed E-state index contributed by atoms with van der Waals surface area (Å²) < 4.78 is 32.8. The molecule has 3 aromatic carbocycles. The summed E-state index contributed by atoms with van der Waals surface area (Å²) in [5.74, 6) is 1.70. The van der Waals surface area contributed by atoms with Crippen LogP contribution in [-0.2, 0) is 15.8 Å². The zero-order valence-corrected chi connectivity index (χ0v) is 17.2. The van der Waals surface area contributed by atoms with Gasteiger partial charge in [-0.2, -0.15) is 16.1 Å². The van der Waals surface area contributed by atoms with E-state index in [1.807, 2.05) is 61.1 Å². The average molecular weight is 413 g/mol. The lowest BCUT2D eigenvalue weighted by molar-refractivity contribution is 0.414. The molecule has 28 heavy (non-hydrogen) atoms. The quantitative estimate of drug-likeness (QED) is 0.588. The van der Waals surface area contributed by atoms with E-state index in [0.717, 1.165) is 28.7 Å². The second-order valence-electron chi connectivity index (χ2n) is 6.78. The molecule has 1 atom stereocenters. The highest BCUT2D eigenvalue weighted by Crippen LogP contribution is 2.32. The van der Waals surface area contributed by atoms with Crippen LogP contribution in [0.25, 0.3) is 10.8 Å². The van der Waals surface area contributed by atoms with E-state index < -0.39 is 10.0 Å². The van der Waals surface area contributed by atoms with Gasteiger partial charge in [0.2, 0.25) is 10.0 Å². The molecule has 0 bridgehead atoms. The standard InChI is InChI=1S/C22H22NO3S2/c1-26-20-9-6-17(7-10-20)16-27-21-12-13-23(15-21)28(24,25)22-11-8-18-4-2-3-5-19(18)14-22/h2-11,13-14,21H,12,15-16H2,1H3/t21-/m1/s1. The minimum atomic E-state index is -3.51. The van der Waals surface area contributed by atoms with Crippen molar-refractivity contribution in [1.82, 2.24) is 4.31 Å². The summed E-state index contributed by atoms with van der Waals surface area (Å²) in [5.41, 5.74) is 1.21. The molecular weight excluding hydrogens is 390 g/mol. The van der Waals surface area contributed by atoms with Gasteiger partial charge in [-0.15, -0.1) is 0 Å². The lowest BCUT2D eigenvalue weighted by Crippen LogP contribution is -2.27. The number of fused-ring (bicyclic) bond motifs is 1. The third-order valence-electron chi connectivity index (χ3n) is 4.93. The number of benzene rings is 3. The van der Waals surface area contributed by atoms with Crippen LogP contribution in [0.4, 0.5) is 0 Å². The molecule has 3 aromatic rings. The van der Waals surface area contributed by atoms with Crippen molar-refractivity contribution in [3.05, 3.63) is 78.8 Å². The Kier molecular flexibility index (Phi) is 5.62. The Hall–Kier alpha value is -2.02. The molecule has 0 N–H and O–H groups in total. The highest BCUT2D eigenvalue weighted by Gasteiger charge is 2.33. The molecule has 1 aliphatic heterocycles. The zero-order chi connectivity index (χ0) is 19.6. The minimum absolute atomic E-state index is 0.261. The molecule has 0 saturated carbocycles. The summed E-state index contributed by atoms with van der Waals surface area (Å²) in [6, 6.07) is 21.1. The van der Waals surface area contributed by atoms with Gasteiger partial charge in [0.25, 0.3) is 0 Å². The molecule has 145 valence electrons. The van der Waals surface area contributed by atoms with Gasteiger partial charge in [-0.25, -0.2) is 8.42 Å². The fraction of sp³-hybridized carbons (Fsp3) is 0.227. The first-order chi connectivity index (χ1) is 13.6. The van der Waals surface area contributed by atoms with E-state index in [-0.39, 0.29) is 5.25 Å². The number of rotatable bonds is 6. The van der Waals surface area contributed by atoms with Crippen LogP contribution in [0.2, 0.25) is 0 Å². The van der Waals surface area contributed by atoms with Crippen molar-refractivity contribution in [3.8, 4) is 5.75 Å². The summed E-state index contributed by atoms with van der Waals surface area (Å²) in [5, 5.41) is 2.24. The maximum atomic E-state index is 13.0. The monoisotopic (exact) mass is 412 g/mol. The zero-order valence-electron chi connectivity index (χ0n) is 15.6. The lowest BCUT2D eigenvalue weighted by Gasteiger charge is -2.17. The first kappa shape index (κ1) is 19.3. The maximum Gasteiger partial charge on any atom is 0.243 e. The SMILES string of the molecule is COc1ccc(CS[C@@H]2C[CH]N(S(=O)(=O)c3ccc4ccccc4c3)C2)cc1. The number of ether oxygens (including phenoxy) is 1. The van der Waals surface area contributed by atoms with Crippen LogP contribution in [-0.4, -0.2) is 31.6 Å². The van der Waals surface area contributed by atoms with Gasteiger partial charge in [-0.1, -0.05) is 42.5 Å². The molecule has 1 heterocycles. The van der Waals surface area contributed by atoms with E-state index in [0.29, 0.717) is 11.4 Å². The van der Waals surface area contributed by atoms with Crippen LogP contribution >= 0.6 is 11.8 Å². The Labute approximate surface area is 170 Å². The Bertz CT molecular complexity index is 1060. The third kappa shape index (κ3) is 4.04. The predicted molar refractivity (Wildman–Crippen MR) is 115 cm³/mol. The van der Waals surface area contributed by atoms with Gasteiger partial charge in [0, 0.05) is 24.1 Å². The number of hydrogen-bond acceptors (Lipinski definition) is 4. The largest absolute Gasteiger partial charge is 0.497 e. The topological polar surface area (TPSA) is 46.6 Å². The van der Waals surface area contributed by atoms with Crippen LogP contribution in [0.3, 0.4) is 0 Å². The average Bonchev–Trinajstić information content (AvgIpc) is 3.22. The number of hydrogen-bond donors (Lipinski definition) is 0. The van der Waals surface area contributed by atoms with Gasteiger partial charge in [-0.3, -0.25) is 0 Å². The molecule has 1 aliphatic rings. The number of thioether (sulfide) groups is 1. The molecule has 6 heteroatoms. The van der Waals surface area contributed by atoms with E-state index in [9.17, 15) is 8.42 Å². The summed E-state index contributed by atoms with van der Waals surface area (Å²) in [7, 11) is -1.85. The summed E-state index contributed by atoms with van der Waals surface area (Å²) in [6.45, 7) is 2.33. The fourth-order valence-corrected chi connectivity index (χ4v) is 5.95. The van der Waals surface area contributed by atoms with Crippen LogP contribution in [0, 0.1) is 6.54 Å². The van der Waals surface area contributed by atoms with Crippen molar-refractivity contribution in [3.63, 3.8) is 0 Å². The van der Waals surface area contributed by atoms with E-state index >= 15 is 0 Å². The van der Waals surface area contributed by atoms with Crippen molar-refractivity contribution < 1.29 is 13.2 Å². The van der Waals surface area contributed by atoms with Crippen molar-refractivity contribution in [1.29, 1.82) is 0 Å². The predicted octanol–water partition coefficient (Wildman–Crippen LogP) is 4.71. The van der Waals surface area contributed by atoms with Gasteiger partial charge >= 0.3 is 0 Å². The van der Waals surface area contributed by atoms with Gasteiger partial charge in [0.05, 0.1) is 12.0 Å². The van der Waals surface area contributed by atoms with E-state index in [1.54, 1.807) is 31.0 Å². The number of methoxy groups -OCH3 is 1. The first-order valence-electron chi connectivity index (χ1n) is 9.15. The van der Waals surface area contributed by atoms with Gasteiger partial charge in [0.15, 0.2) is 0 Å². The molecule has 0 unspecified atom stereocenters. The minimum Gasteiger partial charge on any atom is -0.497 e. The molecule has 0 aromatic heterocycles. The molecule has 4 rings (SSSR count). The molecular formula is C22H22NO3S2. The van der Waals surface area contributed by atoms with E-state index in [4.69, 9.17) is 4.74 Å². The Morgan fingerprint density at radius 1 is 1.04 bits per heavy atom. The van der Waals surface area contributed by atoms with Crippen LogP contribution in [0.1, 0.15) is 12.0 Å². The number of sulfonamides is 1. The molecule has 4 nitrogen and oxygen atoms in total. The van der Waals surface area contributed by atoms with Gasteiger partial charge in [0.1, 0.15) is 5.75 Å². The highest BCUT2D eigenvalue weighted by molar-refractivity contribution is 7.99. The molecule has 0 aliphatic carbocycles. The van der Waals surface area contributed by atoms with E-state index in [1.165, 1.54) is 9.87 Å². The fourth-order valence-electron chi connectivity index (χ4n) is 3.30. The summed E-state index contributed by atoms with van der Waals surface area (Å²) >= 11 is 1.79. The number of nitrogens with zero attached hydrogens (tertiary/aromatic N) is 1. The van der Waals surface area contributed by atoms with Crippen molar-refractivity contribution >= 4 is 32.6 Å². The third-order valence-corrected chi connectivity index (χ3v) is 8.01. The van der Waals surface area contributed by atoms with Crippen molar-refractivity contribution in [2.45, 2.75) is 22.3 Å². The maximum absolute atomic E-state index is 13.0. The molecule has 1 radical (unpaired) electrons. The van der Waals surface area contributed by atoms with Crippen molar-refractivity contribution in [2.75, 3.05) is 13.7 Å². The second kappa shape index (κ2) is 8.15. The molecule has 0 spiro atoms. The Balaban J connectivity index is 1.41. The van der Waals surface area contributed by atoms with Gasteiger partial charge in [-0.05, 0) is 47.0 Å². The highest BCUT2D eigenvalue weighted by atomic mass is 32.2. The van der Waals surface area contributed by atoms with Crippen LogP contribution in [0.5, 0.6) is 5.75 Å². The van der Waals surface area contributed by atoms with Gasteiger partial charge < -0.3 is 4.74 Å². The second-order valence-corrected chi connectivity index (χ2v) is 9.96. The Morgan fingerprint density at radius 2 is 1.79 bits per heavy atom. The first-order valence-corrected chi connectivity index (χ1v) is 11.6. The Morgan fingerprint density at radius 3 is 2.54 bits per heavy atom. The van der Waals surface area contributed by atoms with Crippen LogP contribution in [0.15, 0.2) is 71.6 Å². The molecule has 1 fully saturated rings. The summed E-state index contributed by atoms with van der Waals surface area (Å²) in [4.78, 5) is 0.350. The normalized spacial score (nSPS) is 17.8. The smallest absolute Gasteiger partial charge is 0.243 e. The van der Waals surface area contributed by atoms with Crippen LogP contribution < -0.4 is 4.74 Å². The summed E-state index contributed by atoms with van der Waals surface area (Å²) in [6.07, 6.45) is 0.758. The molecule has 0 amide bonds. The van der Waals surface area contributed by atoms with Crippen molar-refractivity contribution in [2.24, 2.45) is 0 Å². The lowest BCUT2D eigenvalue weighted by atomic mass is 10.1. The molecule has 1 saturated heterocycles.